The van der Waals surface area contributed by atoms with Crippen molar-refractivity contribution in [1.82, 2.24) is 0 Å². The van der Waals surface area contributed by atoms with Gasteiger partial charge in [-0.1, -0.05) is 20.8 Å². The molecule has 2 aliphatic heterocycles. The highest BCUT2D eigenvalue weighted by Crippen LogP contribution is 2.40. The van der Waals surface area contributed by atoms with Gasteiger partial charge in [-0.05, 0) is 43.4 Å². The van der Waals surface area contributed by atoms with Gasteiger partial charge in [-0.25, -0.2) is 0 Å². The number of hydrogen-bond acceptors (Lipinski definition) is 3. The third kappa shape index (κ3) is 3.46. The summed E-state index contributed by atoms with van der Waals surface area (Å²) in [5, 5.41) is 10.3. The lowest BCUT2D eigenvalue weighted by Gasteiger charge is -2.44. The van der Waals surface area contributed by atoms with Gasteiger partial charge in [0.1, 0.15) is 0 Å². The molecule has 1 N–H and O–H groups in total. The van der Waals surface area contributed by atoms with Crippen molar-refractivity contribution >= 4 is 0 Å². The molecule has 2 rings (SSSR count). The Labute approximate surface area is 111 Å². The minimum absolute atomic E-state index is 0.0128. The first-order valence-corrected chi connectivity index (χ1v) is 7.31. The maximum Gasteiger partial charge on any atom is 0.0729 e. The highest BCUT2D eigenvalue weighted by atomic mass is 16.5. The smallest absolute Gasteiger partial charge is 0.0729 e. The third-order valence-corrected chi connectivity index (χ3v) is 4.56. The van der Waals surface area contributed by atoms with Crippen LogP contribution in [0.4, 0.5) is 0 Å². The van der Waals surface area contributed by atoms with Crippen LogP contribution < -0.4 is 0 Å². The summed E-state index contributed by atoms with van der Waals surface area (Å²) < 4.78 is 11.5. The molecule has 0 amide bonds. The summed E-state index contributed by atoms with van der Waals surface area (Å²) in [6.07, 6.45) is 4.94. The first kappa shape index (κ1) is 14.3. The molecule has 0 aliphatic carbocycles. The van der Waals surface area contributed by atoms with E-state index < -0.39 is 0 Å². The first-order valence-electron chi connectivity index (χ1n) is 7.31. The van der Waals surface area contributed by atoms with Crippen LogP contribution >= 0.6 is 0 Å². The second kappa shape index (κ2) is 5.48. The number of aliphatic hydroxyl groups is 1. The van der Waals surface area contributed by atoms with E-state index in [1.54, 1.807) is 0 Å². The number of hydrogen-bond donors (Lipinski definition) is 1. The van der Waals surface area contributed by atoms with Crippen molar-refractivity contribution in [3.05, 3.63) is 0 Å². The van der Waals surface area contributed by atoms with Gasteiger partial charge in [0.2, 0.25) is 0 Å². The van der Waals surface area contributed by atoms with Crippen molar-refractivity contribution in [1.29, 1.82) is 0 Å². The molecule has 0 saturated carbocycles. The van der Waals surface area contributed by atoms with Crippen molar-refractivity contribution in [2.45, 2.75) is 64.6 Å². The van der Waals surface area contributed by atoms with Gasteiger partial charge in [-0.2, -0.15) is 0 Å². The van der Waals surface area contributed by atoms with Crippen molar-refractivity contribution in [3.8, 4) is 0 Å². The molecular weight excluding hydrogens is 228 g/mol. The molecule has 0 aromatic heterocycles. The van der Waals surface area contributed by atoms with Crippen LogP contribution in [0.5, 0.6) is 0 Å². The van der Waals surface area contributed by atoms with E-state index in [4.69, 9.17) is 9.47 Å². The van der Waals surface area contributed by atoms with E-state index in [0.29, 0.717) is 5.92 Å². The summed E-state index contributed by atoms with van der Waals surface area (Å²) in [6, 6.07) is 0. The normalized spacial score (nSPS) is 30.3. The van der Waals surface area contributed by atoms with Crippen molar-refractivity contribution in [2.24, 2.45) is 11.3 Å². The van der Waals surface area contributed by atoms with Gasteiger partial charge in [0.05, 0.1) is 11.7 Å². The van der Waals surface area contributed by atoms with E-state index >= 15 is 0 Å². The minimum atomic E-state index is -0.211. The number of aliphatic hydroxyl groups excluding tert-OH is 1. The van der Waals surface area contributed by atoms with E-state index in [1.165, 1.54) is 0 Å². The Morgan fingerprint density at radius 2 is 1.89 bits per heavy atom. The van der Waals surface area contributed by atoms with Crippen molar-refractivity contribution in [3.63, 3.8) is 0 Å². The summed E-state index contributed by atoms with van der Waals surface area (Å²) in [6.45, 7) is 8.84. The molecule has 2 aliphatic rings. The SMILES string of the molecule is CC(C)(C)C(O)CC1CCOC2(CCOCC2)C1. The Morgan fingerprint density at radius 3 is 2.50 bits per heavy atom. The lowest BCUT2D eigenvalue weighted by Crippen LogP contribution is -2.45. The largest absolute Gasteiger partial charge is 0.393 e. The lowest BCUT2D eigenvalue weighted by atomic mass is 9.75. The maximum atomic E-state index is 10.3. The molecule has 106 valence electrons. The zero-order chi connectivity index (χ0) is 13.2. The molecule has 2 atom stereocenters. The van der Waals surface area contributed by atoms with Crippen LogP contribution in [0.3, 0.4) is 0 Å². The molecule has 0 aromatic carbocycles. The summed E-state index contributed by atoms with van der Waals surface area (Å²) >= 11 is 0. The van der Waals surface area contributed by atoms with Crippen LogP contribution in [0.2, 0.25) is 0 Å². The molecule has 0 bridgehead atoms. The fraction of sp³-hybridized carbons (Fsp3) is 1.00. The van der Waals surface area contributed by atoms with Crippen LogP contribution in [-0.4, -0.2) is 36.6 Å². The molecule has 1 spiro atoms. The van der Waals surface area contributed by atoms with Crippen LogP contribution in [0.25, 0.3) is 0 Å². The first-order chi connectivity index (χ1) is 8.41. The molecular formula is C15H28O3. The summed E-state index contributed by atoms with van der Waals surface area (Å²) in [5.41, 5.74) is 0.0416. The van der Waals surface area contributed by atoms with Gasteiger partial charge in [0.15, 0.2) is 0 Å². The van der Waals surface area contributed by atoms with Gasteiger partial charge >= 0.3 is 0 Å². The molecule has 0 aromatic rings. The Hall–Kier alpha value is -0.120. The minimum Gasteiger partial charge on any atom is -0.393 e. The Balaban J connectivity index is 1.90. The van der Waals surface area contributed by atoms with E-state index in [-0.39, 0.29) is 17.1 Å². The monoisotopic (exact) mass is 256 g/mol. The maximum absolute atomic E-state index is 10.3. The average molecular weight is 256 g/mol. The molecule has 3 heteroatoms. The molecule has 3 nitrogen and oxygen atoms in total. The fourth-order valence-corrected chi connectivity index (χ4v) is 3.09. The lowest BCUT2D eigenvalue weighted by molar-refractivity contribution is -0.151. The highest BCUT2D eigenvalue weighted by molar-refractivity contribution is 4.90. The standard InChI is InChI=1S/C15H28O3/c1-14(2,3)13(16)10-12-4-7-18-15(11-12)5-8-17-9-6-15/h12-13,16H,4-11H2,1-3H3. The Bertz CT molecular complexity index is 258. The third-order valence-electron chi connectivity index (χ3n) is 4.56. The van der Waals surface area contributed by atoms with Crippen LogP contribution in [0.15, 0.2) is 0 Å². The van der Waals surface area contributed by atoms with Crippen molar-refractivity contribution in [2.75, 3.05) is 19.8 Å². The Kier molecular flexibility index (Phi) is 4.35. The summed E-state index contributed by atoms with van der Waals surface area (Å²) in [7, 11) is 0. The van der Waals surface area contributed by atoms with Gasteiger partial charge in [0, 0.05) is 19.8 Å². The topological polar surface area (TPSA) is 38.7 Å². The second-order valence-electron chi connectivity index (χ2n) is 7.12. The van der Waals surface area contributed by atoms with E-state index in [9.17, 15) is 5.11 Å². The van der Waals surface area contributed by atoms with E-state index in [0.717, 1.165) is 51.9 Å². The summed E-state index contributed by atoms with van der Waals surface area (Å²) in [5.74, 6) is 0.603. The van der Waals surface area contributed by atoms with Crippen LogP contribution in [-0.2, 0) is 9.47 Å². The molecule has 2 fully saturated rings. The predicted octanol–water partition coefficient (Wildman–Crippen LogP) is 2.76. The van der Waals surface area contributed by atoms with Crippen LogP contribution in [0.1, 0.15) is 52.9 Å². The van der Waals surface area contributed by atoms with E-state index in [1.807, 2.05) is 0 Å². The van der Waals surface area contributed by atoms with Gasteiger partial charge in [-0.3, -0.25) is 0 Å². The molecule has 2 saturated heterocycles. The van der Waals surface area contributed by atoms with Gasteiger partial charge < -0.3 is 14.6 Å². The molecule has 2 heterocycles. The van der Waals surface area contributed by atoms with Crippen LogP contribution in [0, 0.1) is 11.3 Å². The molecule has 0 radical (unpaired) electrons. The number of ether oxygens (including phenoxy) is 2. The molecule has 2 unspecified atom stereocenters. The zero-order valence-electron chi connectivity index (χ0n) is 12.1. The number of rotatable bonds is 2. The van der Waals surface area contributed by atoms with Gasteiger partial charge in [0.25, 0.3) is 0 Å². The Morgan fingerprint density at radius 1 is 1.22 bits per heavy atom. The second-order valence-corrected chi connectivity index (χ2v) is 7.12. The van der Waals surface area contributed by atoms with E-state index in [2.05, 4.69) is 20.8 Å². The van der Waals surface area contributed by atoms with Gasteiger partial charge in [-0.15, -0.1) is 0 Å². The highest BCUT2D eigenvalue weighted by Gasteiger charge is 2.40. The zero-order valence-corrected chi connectivity index (χ0v) is 12.1. The molecule has 18 heavy (non-hydrogen) atoms. The fourth-order valence-electron chi connectivity index (χ4n) is 3.09. The quantitative estimate of drug-likeness (QED) is 0.825. The van der Waals surface area contributed by atoms with Crippen molar-refractivity contribution < 1.29 is 14.6 Å². The predicted molar refractivity (Wildman–Crippen MR) is 71.5 cm³/mol. The summed E-state index contributed by atoms with van der Waals surface area (Å²) in [4.78, 5) is 0. The average Bonchev–Trinajstić information content (AvgIpc) is 2.28.